The summed E-state index contributed by atoms with van der Waals surface area (Å²) in [5.41, 5.74) is 0.305. The Kier molecular flexibility index (Phi) is 2.66. The predicted octanol–water partition coefficient (Wildman–Crippen LogP) is 3.27. The van der Waals surface area contributed by atoms with Gasteiger partial charge >= 0.3 is 0 Å². The van der Waals surface area contributed by atoms with Crippen LogP contribution in [0.2, 0.25) is 0 Å². The Morgan fingerprint density at radius 2 is 1.77 bits per heavy atom. The average molecular weight is 178 g/mol. The van der Waals surface area contributed by atoms with E-state index in [4.69, 9.17) is 0 Å². The molecule has 0 spiro atoms. The molecule has 1 aromatic rings. The van der Waals surface area contributed by atoms with Crippen molar-refractivity contribution in [2.24, 2.45) is 10.2 Å². The third kappa shape index (κ3) is 3.23. The maximum Gasteiger partial charge on any atom is 0.143 e. The first-order valence-corrected chi connectivity index (χ1v) is 4.20. The highest BCUT2D eigenvalue weighted by molar-refractivity contribution is 5.49. The van der Waals surface area contributed by atoms with Gasteiger partial charge in [0.05, 0.1) is 5.54 Å². The maximum atomic E-state index is 9.35. The molecule has 0 saturated heterocycles. The number of para-hydroxylation sites is 1. The lowest BCUT2D eigenvalue weighted by atomic mass is 10.1. The first kappa shape index (κ1) is 9.71. The highest BCUT2D eigenvalue weighted by Crippen LogP contribution is 2.26. The van der Waals surface area contributed by atoms with Crippen LogP contribution < -0.4 is 0 Å². The van der Waals surface area contributed by atoms with E-state index in [0.717, 1.165) is 0 Å². The molecule has 0 aliphatic rings. The van der Waals surface area contributed by atoms with Crippen LogP contribution in [0.25, 0.3) is 0 Å². The van der Waals surface area contributed by atoms with E-state index in [2.05, 4.69) is 10.2 Å². The predicted molar refractivity (Wildman–Crippen MR) is 52.4 cm³/mol. The van der Waals surface area contributed by atoms with Crippen molar-refractivity contribution in [3.05, 3.63) is 24.3 Å². The molecule has 1 aromatic carbocycles. The van der Waals surface area contributed by atoms with Crippen molar-refractivity contribution in [3.63, 3.8) is 0 Å². The van der Waals surface area contributed by atoms with E-state index in [1.165, 1.54) is 0 Å². The van der Waals surface area contributed by atoms with Crippen molar-refractivity contribution in [1.29, 1.82) is 0 Å². The van der Waals surface area contributed by atoms with E-state index in [-0.39, 0.29) is 11.3 Å². The second-order valence-electron chi connectivity index (χ2n) is 3.86. The number of rotatable bonds is 1. The van der Waals surface area contributed by atoms with Crippen LogP contribution in [0.5, 0.6) is 5.75 Å². The van der Waals surface area contributed by atoms with Crippen LogP contribution in [0.15, 0.2) is 34.5 Å². The summed E-state index contributed by atoms with van der Waals surface area (Å²) < 4.78 is 0. The molecule has 0 atom stereocenters. The van der Waals surface area contributed by atoms with Crippen LogP contribution in [0.4, 0.5) is 5.69 Å². The van der Waals surface area contributed by atoms with Crippen LogP contribution in [0.3, 0.4) is 0 Å². The van der Waals surface area contributed by atoms with Gasteiger partial charge in [-0.25, -0.2) is 0 Å². The number of phenolic OH excluding ortho intramolecular Hbond substituents is 1. The molecule has 0 aliphatic heterocycles. The van der Waals surface area contributed by atoms with E-state index >= 15 is 0 Å². The zero-order valence-electron chi connectivity index (χ0n) is 8.15. The van der Waals surface area contributed by atoms with Gasteiger partial charge in [-0.15, -0.1) is 0 Å². The van der Waals surface area contributed by atoms with E-state index in [0.29, 0.717) is 5.69 Å². The van der Waals surface area contributed by atoms with Gasteiger partial charge in [0.1, 0.15) is 11.4 Å². The van der Waals surface area contributed by atoms with Crippen LogP contribution in [0, 0.1) is 0 Å². The molecule has 3 heteroatoms. The van der Waals surface area contributed by atoms with E-state index in [1.54, 1.807) is 18.2 Å². The Labute approximate surface area is 78.1 Å². The van der Waals surface area contributed by atoms with Crippen LogP contribution >= 0.6 is 0 Å². The third-order valence-corrected chi connectivity index (χ3v) is 1.34. The minimum Gasteiger partial charge on any atom is -0.506 e. The van der Waals surface area contributed by atoms with Crippen molar-refractivity contribution < 1.29 is 5.11 Å². The molecule has 1 N–H and O–H groups in total. The lowest BCUT2D eigenvalue weighted by molar-refractivity contribution is 0.474. The van der Waals surface area contributed by atoms with Gasteiger partial charge in [-0.2, -0.15) is 10.2 Å². The standard InChI is InChI=1S/C10H14N2O/c1-10(2,3)12-11-8-6-4-5-7-9(8)13/h4-7,13H,1-3H3. The number of aromatic hydroxyl groups is 1. The molecule has 0 fully saturated rings. The lowest BCUT2D eigenvalue weighted by Crippen LogP contribution is -2.07. The fourth-order valence-corrected chi connectivity index (χ4v) is 0.753. The quantitative estimate of drug-likeness (QED) is 0.659. The summed E-state index contributed by atoms with van der Waals surface area (Å²) in [5, 5.41) is 17.4. The molecule has 1 rings (SSSR count). The largest absolute Gasteiger partial charge is 0.506 e. The molecule has 0 bridgehead atoms. The monoisotopic (exact) mass is 178 g/mol. The van der Waals surface area contributed by atoms with Crippen LogP contribution in [-0.4, -0.2) is 10.6 Å². The van der Waals surface area contributed by atoms with Crippen molar-refractivity contribution in [2.75, 3.05) is 0 Å². The first-order valence-electron chi connectivity index (χ1n) is 4.20. The fourth-order valence-electron chi connectivity index (χ4n) is 0.753. The minimum absolute atomic E-state index is 0.163. The van der Waals surface area contributed by atoms with E-state index in [9.17, 15) is 5.11 Å². The molecular formula is C10H14N2O. The van der Waals surface area contributed by atoms with Gasteiger partial charge < -0.3 is 5.11 Å². The van der Waals surface area contributed by atoms with Gasteiger partial charge in [0, 0.05) is 0 Å². The number of hydrogen-bond acceptors (Lipinski definition) is 3. The van der Waals surface area contributed by atoms with Crippen LogP contribution in [0.1, 0.15) is 20.8 Å². The molecule has 0 saturated carbocycles. The summed E-state index contributed by atoms with van der Waals surface area (Å²) in [6, 6.07) is 6.89. The normalized spacial score (nSPS) is 12.2. The molecule has 3 nitrogen and oxygen atoms in total. The summed E-state index contributed by atoms with van der Waals surface area (Å²) in [4.78, 5) is 0. The highest BCUT2D eigenvalue weighted by atomic mass is 16.3. The van der Waals surface area contributed by atoms with Crippen LogP contribution in [-0.2, 0) is 0 Å². The molecule has 70 valence electrons. The second-order valence-corrected chi connectivity index (χ2v) is 3.86. The Morgan fingerprint density at radius 1 is 1.15 bits per heavy atom. The molecule has 0 aliphatic carbocycles. The first-order chi connectivity index (χ1) is 5.99. The number of hydrogen-bond donors (Lipinski definition) is 1. The van der Waals surface area contributed by atoms with Crippen molar-refractivity contribution in [3.8, 4) is 5.75 Å². The molecule has 0 heterocycles. The van der Waals surface area contributed by atoms with Gasteiger partial charge in [-0.05, 0) is 32.9 Å². The molecule has 0 aromatic heterocycles. The number of phenols is 1. The highest BCUT2D eigenvalue weighted by Gasteiger charge is 2.07. The Bertz CT molecular complexity index is 313. The molecule has 0 unspecified atom stereocenters. The zero-order valence-corrected chi connectivity index (χ0v) is 8.15. The van der Waals surface area contributed by atoms with Gasteiger partial charge in [0.2, 0.25) is 0 Å². The maximum absolute atomic E-state index is 9.35. The van der Waals surface area contributed by atoms with Crippen molar-refractivity contribution in [2.45, 2.75) is 26.3 Å². The number of benzene rings is 1. The summed E-state index contributed by atoms with van der Waals surface area (Å²) in [6.07, 6.45) is 0. The summed E-state index contributed by atoms with van der Waals surface area (Å²) in [7, 11) is 0. The Hall–Kier alpha value is -1.38. The summed E-state index contributed by atoms with van der Waals surface area (Å²) >= 11 is 0. The Morgan fingerprint density at radius 3 is 2.31 bits per heavy atom. The topological polar surface area (TPSA) is 45.0 Å². The molecular weight excluding hydrogens is 164 g/mol. The van der Waals surface area contributed by atoms with Gasteiger partial charge in [-0.3, -0.25) is 0 Å². The van der Waals surface area contributed by atoms with E-state index < -0.39 is 0 Å². The van der Waals surface area contributed by atoms with Gasteiger partial charge in [0.15, 0.2) is 0 Å². The van der Waals surface area contributed by atoms with Gasteiger partial charge in [0.25, 0.3) is 0 Å². The van der Waals surface area contributed by atoms with Crippen molar-refractivity contribution >= 4 is 5.69 Å². The SMILES string of the molecule is CC(C)(C)N=Nc1ccccc1O. The minimum atomic E-state index is -0.206. The van der Waals surface area contributed by atoms with Gasteiger partial charge in [-0.1, -0.05) is 12.1 Å². The second kappa shape index (κ2) is 3.56. The number of azo groups is 1. The third-order valence-electron chi connectivity index (χ3n) is 1.34. The van der Waals surface area contributed by atoms with E-state index in [1.807, 2.05) is 26.8 Å². The molecule has 0 radical (unpaired) electrons. The molecule has 0 amide bonds. The fraction of sp³-hybridized carbons (Fsp3) is 0.400. The zero-order chi connectivity index (χ0) is 9.90. The smallest absolute Gasteiger partial charge is 0.143 e. The summed E-state index contributed by atoms with van der Waals surface area (Å²) in [5.74, 6) is 0.163. The van der Waals surface area contributed by atoms with Crippen molar-refractivity contribution in [1.82, 2.24) is 0 Å². The number of nitrogens with zero attached hydrogens (tertiary/aromatic N) is 2. The Balaban J connectivity index is 2.86. The molecule has 13 heavy (non-hydrogen) atoms. The average Bonchev–Trinajstić information content (AvgIpc) is 2.01. The summed E-state index contributed by atoms with van der Waals surface area (Å²) in [6.45, 7) is 5.86. The lowest BCUT2D eigenvalue weighted by Gasteiger charge is -2.08.